The number of carbonyl (C=O) groups excluding carboxylic acids is 1. The SMILES string of the molecule is C[C@@H](Sc1cccc(C(F)(F)F)c1)C(=O)Nc1sccc1C#N. The van der Waals surface area contributed by atoms with Crippen LogP contribution >= 0.6 is 23.1 Å². The number of halogens is 3. The van der Waals surface area contributed by atoms with Crippen LogP contribution < -0.4 is 5.32 Å². The molecule has 0 saturated carbocycles. The maximum Gasteiger partial charge on any atom is 0.416 e. The molecule has 1 N–H and O–H groups in total. The number of anilines is 1. The van der Waals surface area contributed by atoms with Crippen molar-refractivity contribution in [3.05, 3.63) is 46.8 Å². The van der Waals surface area contributed by atoms with E-state index in [2.05, 4.69) is 5.32 Å². The molecule has 1 amide bonds. The minimum Gasteiger partial charge on any atom is -0.316 e. The monoisotopic (exact) mass is 356 g/mol. The van der Waals surface area contributed by atoms with E-state index in [0.717, 1.165) is 23.9 Å². The first-order valence-corrected chi connectivity index (χ1v) is 8.19. The molecule has 0 unspecified atom stereocenters. The maximum absolute atomic E-state index is 12.7. The van der Waals surface area contributed by atoms with Crippen LogP contribution in [-0.2, 0) is 11.0 Å². The second-order valence-electron chi connectivity index (χ2n) is 4.55. The van der Waals surface area contributed by atoms with E-state index in [-0.39, 0.29) is 5.91 Å². The smallest absolute Gasteiger partial charge is 0.316 e. The van der Waals surface area contributed by atoms with Crippen LogP contribution in [0, 0.1) is 11.3 Å². The first kappa shape index (κ1) is 17.4. The Bertz CT molecular complexity index is 750. The highest BCUT2D eigenvalue weighted by Crippen LogP contribution is 2.33. The van der Waals surface area contributed by atoms with Crippen molar-refractivity contribution in [3.8, 4) is 6.07 Å². The second-order valence-corrected chi connectivity index (χ2v) is 6.88. The highest BCUT2D eigenvalue weighted by Gasteiger charge is 2.30. The molecule has 23 heavy (non-hydrogen) atoms. The van der Waals surface area contributed by atoms with E-state index in [1.807, 2.05) is 6.07 Å². The Morgan fingerprint density at radius 2 is 2.13 bits per heavy atom. The van der Waals surface area contributed by atoms with Gasteiger partial charge in [-0.3, -0.25) is 4.79 Å². The Morgan fingerprint density at radius 1 is 1.39 bits per heavy atom. The standard InChI is InChI=1S/C15H11F3N2OS2/c1-9(13(21)20-14-10(8-19)5-6-22-14)23-12-4-2-3-11(7-12)15(16,17)18/h2-7,9H,1H3,(H,20,21)/t9-/m1/s1. The number of hydrogen-bond donors (Lipinski definition) is 1. The summed E-state index contributed by atoms with van der Waals surface area (Å²) in [5, 5.41) is 13.0. The summed E-state index contributed by atoms with van der Waals surface area (Å²) in [5.74, 6) is -0.369. The number of benzene rings is 1. The minimum absolute atomic E-state index is 0.356. The molecule has 0 aliphatic rings. The lowest BCUT2D eigenvalue weighted by Gasteiger charge is -2.13. The van der Waals surface area contributed by atoms with Gasteiger partial charge in [0.15, 0.2) is 0 Å². The predicted molar refractivity (Wildman–Crippen MR) is 84.4 cm³/mol. The number of hydrogen-bond acceptors (Lipinski definition) is 4. The normalized spacial score (nSPS) is 12.5. The van der Waals surface area contributed by atoms with Crippen molar-refractivity contribution in [2.45, 2.75) is 23.2 Å². The summed E-state index contributed by atoms with van der Waals surface area (Å²) < 4.78 is 38.0. The first-order valence-electron chi connectivity index (χ1n) is 6.43. The zero-order chi connectivity index (χ0) is 17.0. The molecule has 1 aromatic heterocycles. The van der Waals surface area contributed by atoms with Gasteiger partial charge in [0.25, 0.3) is 0 Å². The molecular formula is C15H11F3N2OS2. The molecule has 0 bridgehead atoms. The molecule has 8 heteroatoms. The fourth-order valence-electron chi connectivity index (χ4n) is 1.71. The summed E-state index contributed by atoms with van der Waals surface area (Å²) in [6.07, 6.45) is -4.42. The van der Waals surface area contributed by atoms with Gasteiger partial charge in [-0.1, -0.05) is 6.07 Å². The Kier molecular flexibility index (Phi) is 5.34. The van der Waals surface area contributed by atoms with Crippen LogP contribution in [0.1, 0.15) is 18.1 Å². The summed E-state index contributed by atoms with van der Waals surface area (Å²) in [6, 6.07) is 8.38. The molecule has 0 spiro atoms. The van der Waals surface area contributed by atoms with Crippen molar-refractivity contribution in [1.29, 1.82) is 5.26 Å². The molecule has 0 radical (unpaired) electrons. The zero-order valence-corrected chi connectivity index (χ0v) is 13.5. The molecule has 2 aromatic rings. The molecule has 1 aromatic carbocycles. The predicted octanol–water partition coefficient (Wildman–Crippen LogP) is 4.76. The number of thiophene rings is 1. The number of alkyl halides is 3. The summed E-state index contributed by atoms with van der Waals surface area (Å²) >= 11 is 2.25. The highest BCUT2D eigenvalue weighted by atomic mass is 32.2. The van der Waals surface area contributed by atoms with Crippen LogP contribution in [0.3, 0.4) is 0 Å². The fraction of sp³-hybridized carbons (Fsp3) is 0.200. The minimum atomic E-state index is -4.42. The molecule has 3 nitrogen and oxygen atoms in total. The molecule has 0 aliphatic carbocycles. The fourth-order valence-corrected chi connectivity index (χ4v) is 3.38. The van der Waals surface area contributed by atoms with Gasteiger partial charge in [0.1, 0.15) is 11.1 Å². The molecule has 1 heterocycles. The molecule has 0 aliphatic heterocycles. The van der Waals surface area contributed by atoms with Crippen LogP contribution in [0.2, 0.25) is 0 Å². The number of nitrogens with zero attached hydrogens (tertiary/aromatic N) is 1. The van der Waals surface area contributed by atoms with Gasteiger partial charge in [-0.2, -0.15) is 18.4 Å². The largest absolute Gasteiger partial charge is 0.416 e. The van der Waals surface area contributed by atoms with Gasteiger partial charge in [0.05, 0.1) is 16.4 Å². The van der Waals surface area contributed by atoms with E-state index in [4.69, 9.17) is 5.26 Å². The molecular weight excluding hydrogens is 345 g/mol. The Balaban J connectivity index is 2.06. The van der Waals surface area contributed by atoms with E-state index in [1.54, 1.807) is 18.4 Å². The quantitative estimate of drug-likeness (QED) is 0.804. The van der Waals surface area contributed by atoms with Gasteiger partial charge in [-0.25, -0.2) is 0 Å². The summed E-state index contributed by atoms with van der Waals surface area (Å²) in [5.41, 5.74) is -0.389. The van der Waals surface area contributed by atoms with E-state index in [1.165, 1.54) is 23.5 Å². The molecule has 2 rings (SSSR count). The third-order valence-electron chi connectivity index (χ3n) is 2.87. The number of nitriles is 1. The van der Waals surface area contributed by atoms with Crippen molar-refractivity contribution >= 4 is 34.0 Å². The van der Waals surface area contributed by atoms with Crippen molar-refractivity contribution in [1.82, 2.24) is 0 Å². The van der Waals surface area contributed by atoms with Crippen LogP contribution in [-0.4, -0.2) is 11.2 Å². The lowest BCUT2D eigenvalue weighted by atomic mass is 10.2. The van der Waals surface area contributed by atoms with Gasteiger partial charge in [-0.15, -0.1) is 23.1 Å². The van der Waals surface area contributed by atoms with Crippen LogP contribution in [0.15, 0.2) is 40.6 Å². The summed E-state index contributed by atoms with van der Waals surface area (Å²) in [7, 11) is 0. The van der Waals surface area contributed by atoms with Gasteiger partial charge in [0, 0.05) is 4.90 Å². The van der Waals surface area contributed by atoms with E-state index in [0.29, 0.717) is 15.5 Å². The lowest BCUT2D eigenvalue weighted by molar-refractivity contribution is -0.137. The molecule has 120 valence electrons. The van der Waals surface area contributed by atoms with Crippen LogP contribution in [0.5, 0.6) is 0 Å². The number of carbonyl (C=O) groups is 1. The molecule has 0 fully saturated rings. The van der Waals surface area contributed by atoms with E-state index in [9.17, 15) is 18.0 Å². The van der Waals surface area contributed by atoms with E-state index < -0.39 is 17.0 Å². The van der Waals surface area contributed by atoms with Crippen molar-refractivity contribution in [2.75, 3.05) is 5.32 Å². The van der Waals surface area contributed by atoms with Gasteiger partial charge < -0.3 is 5.32 Å². The average Bonchev–Trinajstić information content (AvgIpc) is 2.93. The lowest BCUT2D eigenvalue weighted by Crippen LogP contribution is -2.22. The number of amides is 1. The number of rotatable bonds is 4. The van der Waals surface area contributed by atoms with Crippen LogP contribution in [0.4, 0.5) is 18.2 Å². The number of nitrogens with one attached hydrogen (secondary N) is 1. The van der Waals surface area contributed by atoms with Crippen molar-refractivity contribution in [3.63, 3.8) is 0 Å². The zero-order valence-electron chi connectivity index (χ0n) is 11.8. The van der Waals surface area contributed by atoms with Crippen molar-refractivity contribution < 1.29 is 18.0 Å². The third-order valence-corrected chi connectivity index (χ3v) is 4.79. The van der Waals surface area contributed by atoms with E-state index >= 15 is 0 Å². The maximum atomic E-state index is 12.7. The van der Waals surface area contributed by atoms with Crippen molar-refractivity contribution in [2.24, 2.45) is 0 Å². The Morgan fingerprint density at radius 3 is 2.78 bits per heavy atom. The molecule has 0 saturated heterocycles. The van der Waals surface area contributed by atoms with Gasteiger partial charge in [-0.05, 0) is 36.6 Å². The Hall–Kier alpha value is -1.98. The van der Waals surface area contributed by atoms with Crippen LogP contribution in [0.25, 0.3) is 0 Å². The third kappa shape index (κ3) is 4.50. The average molecular weight is 356 g/mol. The van der Waals surface area contributed by atoms with Gasteiger partial charge >= 0.3 is 6.18 Å². The Labute approximate surface area is 139 Å². The topological polar surface area (TPSA) is 52.9 Å². The summed E-state index contributed by atoms with van der Waals surface area (Å²) in [6.45, 7) is 1.60. The summed E-state index contributed by atoms with van der Waals surface area (Å²) in [4.78, 5) is 12.5. The second kappa shape index (κ2) is 7.06. The first-order chi connectivity index (χ1) is 10.8. The number of thioether (sulfide) groups is 1. The highest BCUT2D eigenvalue weighted by molar-refractivity contribution is 8.00. The molecule has 1 atom stereocenters. The van der Waals surface area contributed by atoms with Gasteiger partial charge in [0.2, 0.25) is 5.91 Å².